The Labute approximate surface area is 159 Å². The second-order valence-corrected chi connectivity index (χ2v) is 8.40. The number of hydrogen-bond donors (Lipinski definition) is 0. The van der Waals surface area contributed by atoms with E-state index in [0.29, 0.717) is 0 Å². The molecule has 2 aliphatic rings. The molecule has 26 heavy (non-hydrogen) atoms. The number of piperazine rings is 2. The zero-order valence-electron chi connectivity index (χ0n) is 15.9. The third kappa shape index (κ3) is 3.76. The van der Waals surface area contributed by atoms with E-state index >= 15 is 0 Å². The van der Waals surface area contributed by atoms with Crippen LogP contribution in [-0.2, 0) is 0 Å². The van der Waals surface area contributed by atoms with Crippen molar-refractivity contribution in [3.05, 3.63) is 22.8 Å². The second-order valence-electron chi connectivity index (χ2n) is 7.19. The molecular formula is C18H27N7S. The molecule has 2 aromatic rings. The number of aryl methyl sites for hydroxylation is 2. The van der Waals surface area contributed by atoms with Gasteiger partial charge >= 0.3 is 0 Å². The first-order valence-electron chi connectivity index (χ1n) is 9.30. The molecule has 2 saturated heterocycles. The van der Waals surface area contributed by atoms with E-state index in [1.807, 2.05) is 6.20 Å². The van der Waals surface area contributed by atoms with Gasteiger partial charge in [0.2, 0.25) is 5.95 Å². The van der Waals surface area contributed by atoms with Gasteiger partial charge in [0.15, 0.2) is 5.13 Å². The highest BCUT2D eigenvalue weighted by atomic mass is 32.1. The lowest BCUT2D eigenvalue weighted by atomic mass is 10.3. The molecule has 4 rings (SSSR count). The van der Waals surface area contributed by atoms with Gasteiger partial charge in [-0.1, -0.05) is 0 Å². The van der Waals surface area contributed by atoms with E-state index in [1.165, 1.54) is 4.88 Å². The van der Waals surface area contributed by atoms with E-state index in [-0.39, 0.29) is 0 Å². The summed E-state index contributed by atoms with van der Waals surface area (Å²) in [5, 5.41) is 1.13. The molecule has 0 unspecified atom stereocenters. The van der Waals surface area contributed by atoms with Crippen molar-refractivity contribution in [1.82, 2.24) is 19.9 Å². The fourth-order valence-electron chi connectivity index (χ4n) is 3.46. The first kappa shape index (κ1) is 17.5. The van der Waals surface area contributed by atoms with Gasteiger partial charge in [-0.15, -0.1) is 11.3 Å². The van der Waals surface area contributed by atoms with Crippen LogP contribution in [0.25, 0.3) is 0 Å². The molecule has 0 N–H and O–H groups in total. The zero-order valence-corrected chi connectivity index (χ0v) is 16.7. The van der Waals surface area contributed by atoms with Gasteiger partial charge in [-0.25, -0.2) is 9.97 Å². The lowest BCUT2D eigenvalue weighted by molar-refractivity contribution is 0.312. The predicted molar refractivity (Wildman–Crippen MR) is 108 cm³/mol. The minimum absolute atomic E-state index is 0.869. The Hall–Kier alpha value is -1.93. The molecule has 8 heteroatoms. The Morgan fingerprint density at radius 2 is 1.50 bits per heavy atom. The lowest BCUT2D eigenvalue weighted by Gasteiger charge is -2.36. The molecule has 140 valence electrons. The smallest absolute Gasteiger partial charge is 0.227 e. The van der Waals surface area contributed by atoms with Crippen molar-refractivity contribution in [2.24, 2.45) is 0 Å². The third-order valence-electron chi connectivity index (χ3n) is 5.10. The van der Waals surface area contributed by atoms with Crippen molar-refractivity contribution in [3.63, 3.8) is 0 Å². The Kier molecular flexibility index (Phi) is 4.95. The molecule has 2 fully saturated rings. The van der Waals surface area contributed by atoms with Crippen molar-refractivity contribution in [1.29, 1.82) is 0 Å². The number of aromatic nitrogens is 3. The zero-order chi connectivity index (χ0) is 18.1. The van der Waals surface area contributed by atoms with E-state index in [9.17, 15) is 0 Å². The van der Waals surface area contributed by atoms with Crippen LogP contribution in [-0.4, -0.2) is 79.3 Å². The SMILES string of the molecule is Cc1cc(N2CCN(C)CC2)nc(N2CCN(c3ncc(C)s3)CC2)n1. The van der Waals surface area contributed by atoms with Gasteiger partial charge in [0.05, 0.1) is 0 Å². The molecule has 4 heterocycles. The largest absolute Gasteiger partial charge is 0.354 e. The molecule has 0 bridgehead atoms. The van der Waals surface area contributed by atoms with Crippen LogP contribution in [0.5, 0.6) is 0 Å². The average Bonchev–Trinajstić information content (AvgIpc) is 3.08. The van der Waals surface area contributed by atoms with Gasteiger partial charge < -0.3 is 19.6 Å². The maximum absolute atomic E-state index is 4.90. The predicted octanol–water partition coefficient (Wildman–Crippen LogP) is 1.63. The minimum atomic E-state index is 0.869. The normalized spacial score (nSPS) is 19.3. The van der Waals surface area contributed by atoms with E-state index in [1.54, 1.807) is 11.3 Å². The summed E-state index contributed by atoms with van der Waals surface area (Å²) in [7, 11) is 2.18. The van der Waals surface area contributed by atoms with Crippen LogP contribution in [0.1, 0.15) is 10.6 Å². The van der Waals surface area contributed by atoms with E-state index in [2.05, 4.69) is 51.5 Å². The lowest BCUT2D eigenvalue weighted by Crippen LogP contribution is -2.47. The topological polar surface area (TPSA) is 51.6 Å². The molecule has 0 aromatic carbocycles. The van der Waals surface area contributed by atoms with Crippen LogP contribution in [0.15, 0.2) is 12.3 Å². The number of likely N-dealkylation sites (N-methyl/N-ethyl adjacent to an activating group) is 1. The quantitative estimate of drug-likeness (QED) is 0.810. The van der Waals surface area contributed by atoms with Crippen LogP contribution in [0.3, 0.4) is 0 Å². The Bertz CT molecular complexity index is 746. The number of nitrogens with zero attached hydrogens (tertiary/aromatic N) is 7. The molecule has 0 radical (unpaired) electrons. The number of thiazole rings is 1. The Morgan fingerprint density at radius 1 is 0.846 bits per heavy atom. The van der Waals surface area contributed by atoms with Gasteiger partial charge in [-0.3, -0.25) is 0 Å². The first-order valence-corrected chi connectivity index (χ1v) is 10.1. The molecule has 2 aromatic heterocycles. The molecule has 0 amide bonds. The second kappa shape index (κ2) is 7.36. The van der Waals surface area contributed by atoms with Crippen LogP contribution in [0.4, 0.5) is 16.9 Å². The standard InChI is InChI=1S/C18H27N7S/c1-14-12-16(23-6-4-22(3)5-7-23)21-17(20-14)24-8-10-25(11-9-24)18-19-13-15(2)26-18/h12-13H,4-11H2,1-3H3. The van der Waals surface area contributed by atoms with Gasteiger partial charge in [0, 0.05) is 75.2 Å². The summed E-state index contributed by atoms with van der Waals surface area (Å²) in [6.45, 7) is 12.2. The average molecular weight is 374 g/mol. The molecular weight excluding hydrogens is 346 g/mol. The Morgan fingerprint density at radius 3 is 2.15 bits per heavy atom. The van der Waals surface area contributed by atoms with Gasteiger partial charge in [0.1, 0.15) is 5.82 Å². The summed E-state index contributed by atoms with van der Waals surface area (Å²) >= 11 is 1.77. The maximum atomic E-state index is 4.90. The van der Waals surface area contributed by atoms with Crippen LogP contribution < -0.4 is 14.7 Å². The minimum Gasteiger partial charge on any atom is -0.354 e. The number of hydrogen-bond acceptors (Lipinski definition) is 8. The molecule has 0 spiro atoms. The maximum Gasteiger partial charge on any atom is 0.227 e. The molecule has 7 nitrogen and oxygen atoms in total. The molecule has 0 saturated carbocycles. The highest BCUT2D eigenvalue weighted by Gasteiger charge is 2.23. The van der Waals surface area contributed by atoms with Crippen molar-refractivity contribution in [2.45, 2.75) is 13.8 Å². The fraction of sp³-hybridized carbons (Fsp3) is 0.611. The third-order valence-corrected chi connectivity index (χ3v) is 6.07. The van der Waals surface area contributed by atoms with Crippen molar-refractivity contribution in [3.8, 4) is 0 Å². The number of anilines is 3. The summed E-state index contributed by atoms with van der Waals surface area (Å²) in [4.78, 5) is 24.8. The van der Waals surface area contributed by atoms with Crippen LogP contribution in [0.2, 0.25) is 0 Å². The number of rotatable bonds is 3. The van der Waals surface area contributed by atoms with Crippen molar-refractivity contribution in [2.75, 3.05) is 74.1 Å². The first-order chi connectivity index (χ1) is 12.6. The Balaban J connectivity index is 1.45. The van der Waals surface area contributed by atoms with E-state index in [0.717, 1.165) is 74.9 Å². The summed E-state index contributed by atoms with van der Waals surface area (Å²) in [5.74, 6) is 1.94. The summed E-state index contributed by atoms with van der Waals surface area (Å²) in [5.41, 5.74) is 1.04. The van der Waals surface area contributed by atoms with Crippen LogP contribution >= 0.6 is 11.3 Å². The molecule has 0 atom stereocenters. The fourth-order valence-corrected chi connectivity index (χ4v) is 4.27. The highest BCUT2D eigenvalue weighted by molar-refractivity contribution is 7.15. The summed E-state index contributed by atoms with van der Waals surface area (Å²) < 4.78 is 0. The van der Waals surface area contributed by atoms with Gasteiger partial charge in [-0.2, -0.15) is 4.98 Å². The molecule has 2 aliphatic heterocycles. The van der Waals surface area contributed by atoms with E-state index in [4.69, 9.17) is 9.97 Å². The highest BCUT2D eigenvalue weighted by Crippen LogP contribution is 2.24. The van der Waals surface area contributed by atoms with Gasteiger partial charge in [-0.05, 0) is 20.9 Å². The van der Waals surface area contributed by atoms with Crippen molar-refractivity contribution < 1.29 is 0 Å². The molecule has 0 aliphatic carbocycles. The van der Waals surface area contributed by atoms with Gasteiger partial charge in [0.25, 0.3) is 0 Å². The monoisotopic (exact) mass is 373 g/mol. The van der Waals surface area contributed by atoms with Crippen molar-refractivity contribution >= 4 is 28.2 Å². The summed E-state index contributed by atoms with van der Waals surface area (Å²) in [6, 6.07) is 2.11. The van der Waals surface area contributed by atoms with E-state index < -0.39 is 0 Å². The summed E-state index contributed by atoms with van der Waals surface area (Å²) in [6.07, 6.45) is 1.96. The van der Waals surface area contributed by atoms with Crippen LogP contribution in [0, 0.1) is 13.8 Å².